The number of fused-ring (bicyclic) bond motifs is 2. The predicted molar refractivity (Wildman–Crippen MR) is 150 cm³/mol. The fraction of sp³-hybridized carbons (Fsp3) is 0.300. The van der Waals surface area contributed by atoms with Crippen molar-refractivity contribution >= 4 is 35.1 Å². The van der Waals surface area contributed by atoms with Crippen LogP contribution in [0.4, 0.5) is 11.5 Å². The molecule has 2 aromatic carbocycles. The van der Waals surface area contributed by atoms with Crippen LogP contribution in [0.2, 0.25) is 0 Å². The van der Waals surface area contributed by atoms with Gasteiger partial charge >= 0.3 is 0 Å². The molecule has 194 valence electrons. The molecule has 2 aliphatic heterocycles. The van der Waals surface area contributed by atoms with Crippen molar-refractivity contribution in [2.75, 3.05) is 43.4 Å². The summed E-state index contributed by atoms with van der Waals surface area (Å²) in [6.07, 6.45) is 5.90. The van der Waals surface area contributed by atoms with Crippen LogP contribution in [-0.4, -0.2) is 65.8 Å². The van der Waals surface area contributed by atoms with Crippen LogP contribution < -0.4 is 10.2 Å². The molecule has 0 aliphatic carbocycles. The molecule has 2 unspecified atom stereocenters. The van der Waals surface area contributed by atoms with Crippen molar-refractivity contribution < 1.29 is 9.59 Å². The minimum atomic E-state index is -0.334. The van der Waals surface area contributed by atoms with Gasteiger partial charge in [0.25, 0.3) is 5.91 Å². The molecule has 0 radical (unpaired) electrons. The topological polar surface area (TPSA) is 91.3 Å². The van der Waals surface area contributed by atoms with Gasteiger partial charge in [-0.05, 0) is 80.7 Å². The summed E-state index contributed by atoms with van der Waals surface area (Å²) < 4.78 is 0. The monoisotopic (exact) mass is 508 g/mol. The Balaban J connectivity index is 0.00000144. The first-order valence-corrected chi connectivity index (χ1v) is 12.9. The first-order chi connectivity index (χ1) is 18.6. The van der Waals surface area contributed by atoms with Gasteiger partial charge < -0.3 is 19.9 Å². The molecule has 2 fully saturated rings. The molecule has 6 rings (SSSR count). The van der Waals surface area contributed by atoms with E-state index in [0.29, 0.717) is 5.69 Å². The lowest BCUT2D eigenvalue weighted by Gasteiger charge is -2.20. The number of carbonyl (C=O) groups excluding carboxylic acids is 2. The maximum atomic E-state index is 12.7. The first kappa shape index (κ1) is 25.5. The highest BCUT2D eigenvalue weighted by atomic mass is 16.2. The van der Waals surface area contributed by atoms with Gasteiger partial charge in [-0.1, -0.05) is 30.3 Å². The molecule has 1 N–H and O–H groups in total. The van der Waals surface area contributed by atoms with Gasteiger partial charge in [0.15, 0.2) is 0 Å². The van der Waals surface area contributed by atoms with Crippen molar-refractivity contribution in [3.05, 3.63) is 78.9 Å². The maximum Gasteiger partial charge on any atom is 0.293 e. The average molecular weight is 509 g/mol. The number of rotatable bonds is 4. The zero-order valence-electron chi connectivity index (χ0n) is 21.6. The van der Waals surface area contributed by atoms with Crippen LogP contribution >= 0.6 is 0 Å². The van der Waals surface area contributed by atoms with Crippen LogP contribution in [-0.2, 0) is 4.79 Å². The van der Waals surface area contributed by atoms with Crippen molar-refractivity contribution in [2.45, 2.75) is 12.8 Å². The SMILES string of the molecule is C=O.CN1CCC2CN(c3ccc4cc(NC(=O)c5ncc(-c6ccccc6)cn5)ccc4n3)CC2CC1. The second-order valence-corrected chi connectivity index (χ2v) is 10.00. The van der Waals surface area contributed by atoms with E-state index in [0.717, 1.165) is 52.8 Å². The minimum Gasteiger partial charge on any atom is -0.356 e. The molecule has 4 heterocycles. The number of anilines is 2. The average Bonchev–Trinajstić information content (AvgIpc) is 3.31. The number of nitrogens with zero attached hydrogens (tertiary/aromatic N) is 5. The molecule has 2 aliphatic rings. The molecule has 2 atom stereocenters. The van der Waals surface area contributed by atoms with E-state index < -0.39 is 0 Å². The lowest BCUT2D eigenvalue weighted by atomic mass is 9.92. The third-order valence-corrected chi connectivity index (χ3v) is 7.56. The summed E-state index contributed by atoms with van der Waals surface area (Å²) in [5.41, 5.74) is 3.52. The molecular formula is C30H32N6O2. The van der Waals surface area contributed by atoms with Gasteiger partial charge in [0.2, 0.25) is 5.82 Å². The van der Waals surface area contributed by atoms with Crippen molar-refractivity contribution in [1.82, 2.24) is 19.9 Å². The minimum absolute atomic E-state index is 0.140. The molecule has 0 bridgehead atoms. The maximum absolute atomic E-state index is 12.7. The fourth-order valence-corrected chi connectivity index (χ4v) is 5.44. The molecule has 2 saturated heterocycles. The highest BCUT2D eigenvalue weighted by molar-refractivity contribution is 6.02. The molecule has 8 heteroatoms. The number of carbonyl (C=O) groups is 2. The molecule has 38 heavy (non-hydrogen) atoms. The molecule has 0 saturated carbocycles. The predicted octanol–water partition coefficient (Wildman–Crippen LogP) is 4.54. The zero-order chi connectivity index (χ0) is 26.5. The highest BCUT2D eigenvalue weighted by Gasteiger charge is 2.34. The number of hydrogen-bond donors (Lipinski definition) is 1. The van der Waals surface area contributed by atoms with Gasteiger partial charge in [-0.15, -0.1) is 0 Å². The number of aromatic nitrogens is 3. The lowest BCUT2D eigenvalue weighted by molar-refractivity contribution is -0.0980. The standard InChI is InChI=1S/C29H30N6O.CH2O/c1-34-13-11-22-18-35(19-23(22)12-14-34)27-10-7-21-15-25(8-9-26(21)33-27)32-29(36)28-30-16-24(17-31-28)20-5-3-2-4-6-20;1-2/h2-10,15-17,22-23H,11-14,18-19H2,1H3,(H,32,36);1H2. The van der Waals surface area contributed by atoms with Gasteiger partial charge in [-0.25, -0.2) is 15.0 Å². The fourth-order valence-electron chi connectivity index (χ4n) is 5.44. The molecule has 4 aromatic rings. The number of amides is 1. The Morgan fingerprint density at radius 2 is 1.58 bits per heavy atom. The highest BCUT2D eigenvalue weighted by Crippen LogP contribution is 2.34. The Morgan fingerprint density at radius 3 is 2.26 bits per heavy atom. The van der Waals surface area contributed by atoms with Crippen molar-refractivity contribution in [1.29, 1.82) is 0 Å². The van der Waals surface area contributed by atoms with E-state index >= 15 is 0 Å². The van der Waals surface area contributed by atoms with Gasteiger partial charge in [0.05, 0.1) is 5.52 Å². The van der Waals surface area contributed by atoms with E-state index in [1.165, 1.54) is 25.9 Å². The summed E-state index contributed by atoms with van der Waals surface area (Å²) in [4.78, 5) is 39.1. The summed E-state index contributed by atoms with van der Waals surface area (Å²) >= 11 is 0. The number of hydrogen-bond acceptors (Lipinski definition) is 7. The third-order valence-electron chi connectivity index (χ3n) is 7.56. The Kier molecular flexibility index (Phi) is 7.70. The van der Waals surface area contributed by atoms with Crippen LogP contribution in [0, 0.1) is 11.8 Å². The lowest BCUT2D eigenvalue weighted by Crippen LogP contribution is -2.24. The molecule has 0 spiro atoms. The number of benzene rings is 2. The summed E-state index contributed by atoms with van der Waals surface area (Å²) in [6, 6.07) is 19.9. The van der Waals surface area contributed by atoms with Crippen molar-refractivity contribution in [3.63, 3.8) is 0 Å². The van der Waals surface area contributed by atoms with Crippen LogP contribution in [0.3, 0.4) is 0 Å². The molecule has 8 nitrogen and oxygen atoms in total. The second kappa shape index (κ2) is 11.5. The first-order valence-electron chi connectivity index (χ1n) is 12.9. The third kappa shape index (κ3) is 5.55. The zero-order valence-corrected chi connectivity index (χ0v) is 21.6. The smallest absolute Gasteiger partial charge is 0.293 e. The van der Waals surface area contributed by atoms with Crippen molar-refractivity contribution in [3.8, 4) is 11.1 Å². The second-order valence-electron chi connectivity index (χ2n) is 10.00. The Labute approximate surface area is 222 Å². The normalized spacial score (nSPS) is 19.2. The van der Waals surface area contributed by atoms with Gasteiger partial charge in [-0.3, -0.25) is 4.79 Å². The van der Waals surface area contributed by atoms with Crippen molar-refractivity contribution in [2.24, 2.45) is 11.8 Å². The largest absolute Gasteiger partial charge is 0.356 e. The molecule has 2 aromatic heterocycles. The van der Waals surface area contributed by atoms with Gasteiger partial charge in [0.1, 0.15) is 12.6 Å². The molecular weight excluding hydrogens is 476 g/mol. The van der Waals surface area contributed by atoms with E-state index in [1.54, 1.807) is 12.4 Å². The van der Waals surface area contributed by atoms with Crippen LogP contribution in [0.1, 0.15) is 23.5 Å². The molecule has 1 amide bonds. The van der Waals surface area contributed by atoms with E-state index in [4.69, 9.17) is 9.78 Å². The van der Waals surface area contributed by atoms with E-state index in [-0.39, 0.29) is 11.7 Å². The Morgan fingerprint density at radius 1 is 0.895 bits per heavy atom. The van der Waals surface area contributed by atoms with E-state index in [1.807, 2.05) is 55.3 Å². The number of nitrogens with one attached hydrogen (secondary N) is 1. The van der Waals surface area contributed by atoms with Gasteiger partial charge in [0, 0.05) is 42.1 Å². The van der Waals surface area contributed by atoms with Crippen LogP contribution in [0.25, 0.3) is 22.0 Å². The summed E-state index contributed by atoms with van der Waals surface area (Å²) in [5.74, 6) is 2.37. The van der Waals surface area contributed by atoms with E-state index in [9.17, 15) is 4.79 Å². The summed E-state index contributed by atoms with van der Waals surface area (Å²) in [5, 5.41) is 3.91. The van der Waals surface area contributed by atoms with E-state index in [2.05, 4.69) is 44.3 Å². The van der Waals surface area contributed by atoms with Gasteiger partial charge in [-0.2, -0.15) is 0 Å². The quantitative estimate of drug-likeness (QED) is 0.433. The number of pyridine rings is 1. The summed E-state index contributed by atoms with van der Waals surface area (Å²) in [6.45, 7) is 6.57. The van der Waals surface area contributed by atoms with Crippen LogP contribution in [0.15, 0.2) is 73.1 Å². The Bertz CT molecular complexity index is 1380. The van der Waals surface area contributed by atoms with Crippen LogP contribution in [0.5, 0.6) is 0 Å². The summed E-state index contributed by atoms with van der Waals surface area (Å²) in [7, 11) is 2.23. The number of likely N-dealkylation sites (tertiary alicyclic amines) is 1. The Hall–Kier alpha value is -4.17.